The smallest absolute Gasteiger partial charge is 0.262 e. The Bertz CT molecular complexity index is 1450. The minimum absolute atomic E-state index is 0.174. The number of aryl methyl sites for hydroxylation is 1. The van der Waals surface area contributed by atoms with Crippen molar-refractivity contribution < 1.29 is 17.9 Å². The Morgan fingerprint density at radius 1 is 0.941 bits per heavy atom. The first-order valence-electron chi connectivity index (χ1n) is 11.5. The summed E-state index contributed by atoms with van der Waals surface area (Å²) in [4.78, 5) is 12.7. The van der Waals surface area contributed by atoms with Crippen molar-refractivity contribution >= 4 is 43.4 Å². The fourth-order valence-electron chi connectivity index (χ4n) is 4.60. The number of sulfonamides is 1. The lowest BCUT2D eigenvalue weighted by Gasteiger charge is -2.15. The van der Waals surface area contributed by atoms with Gasteiger partial charge in [-0.2, -0.15) is 4.31 Å². The van der Waals surface area contributed by atoms with Crippen LogP contribution in [0.5, 0.6) is 5.75 Å². The number of para-hydroxylation sites is 1. The van der Waals surface area contributed by atoms with Gasteiger partial charge in [0.1, 0.15) is 5.75 Å². The Kier molecular flexibility index (Phi) is 6.02. The Morgan fingerprint density at radius 2 is 1.65 bits per heavy atom. The maximum absolute atomic E-state index is 12.6. The first-order chi connectivity index (χ1) is 16.5. The molecular weight excluding hydrogens is 450 g/mol. The number of rotatable bonds is 7. The van der Waals surface area contributed by atoms with Crippen LogP contribution in [0, 0.1) is 0 Å². The van der Waals surface area contributed by atoms with Crippen molar-refractivity contribution in [3.8, 4) is 5.75 Å². The first kappa shape index (κ1) is 22.4. The number of benzene rings is 3. The molecule has 34 heavy (non-hydrogen) atoms. The molecule has 5 rings (SSSR count). The average Bonchev–Trinajstić information content (AvgIpc) is 3.50. The van der Waals surface area contributed by atoms with Crippen molar-refractivity contribution in [3.05, 3.63) is 66.7 Å². The molecule has 1 amide bonds. The summed E-state index contributed by atoms with van der Waals surface area (Å²) in [5.41, 5.74) is 3.00. The molecule has 1 N–H and O–H groups in total. The number of amides is 1. The van der Waals surface area contributed by atoms with Gasteiger partial charge in [0.15, 0.2) is 6.61 Å². The Labute approximate surface area is 199 Å². The SMILES string of the molecule is CCn1c2ccccc2c2cc(NC(=O)COc3ccc(S(=O)(=O)N4CCCC4)cc3)ccc21. The molecule has 1 aromatic heterocycles. The van der Waals surface area contributed by atoms with Crippen LogP contribution in [-0.4, -0.2) is 42.9 Å². The number of hydrogen-bond acceptors (Lipinski definition) is 4. The number of aromatic nitrogens is 1. The van der Waals surface area contributed by atoms with Gasteiger partial charge in [0.05, 0.1) is 4.90 Å². The summed E-state index contributed by atoms with van der Waals surface area (Å²) < 4.78 is 34.6. The first-order valence-corrected chi connectivity index (χ1v) is 13.0. The zero-order valence-corrected chi connectivity index (χ0v) is 19.8. The molecule has 176 valence electrons. The normalized spacial score (nSPS) is 14.6. The maximum atomic E-state index is 12.6. The van der Waals surface area contributed by atoms with Gasteiger partial charge in [-0.05, 0) is 68.3 Å². The summed E-state index contributed by atoms with van der Waals surface area (Å²) in [7, 11) is -3.46. The molecular formula is C26H27N3O4S. The van der Waals surface area contributed by atoms with E-state index in [0.29, 0.717) is 24.5 Å². The molecule has 0 bridgehead atoms. The van der Waals surface area contributed by atoms with E-state index in [1.807, 2.05) is 30.3 Å². The molecule has 3 aromatic carbocycles. The molecule has 0 atom stereocenters. The number of nitrogens with zero attached hydrogens (tertiary/aromatic N) is 2. The van der Waals surface area contributed by atoms with E-state index in [2.05, 4.69) is 28.9 Å². The number of nitrogens with one attached hydrogen (secondary N) is 1. The van der Waals surface area contributed by atoms with Gasteiger partial charge in [-0.1, -0.05) is 18.2 Å². The van der Waals surface area contributed by atoms with Crippen LogP contribution in [0.2, 0.25) is 0 Å². The van der Waals surface area contributed by atoms with Gasteiger partial charge < -0.3 is 14.6 Å². The van der Waals surface area contributed by atoms with Crippen molar-refractivity contribution in [3.63, 3.8) is 0 Å². The molecule has 4 aromatic rings. The van der Waals surface area contributed by atoms with Crippen LogP contribution in [0.3, 0.4) is 0 Å². The third-order valence-corrected chi connectivity index (χ3v) is 8.18. The molecule has 1 saturated heterocycles. The number of hydrogen-bond donors (Lipinski definition) is 1. The lowest BCUT2D eigenvalue weighted by atomic mass is 10.1. The highest BCUT2D eigenvalue weighted by Crippen LogP contribution is 2.31. The molecule has 1 fully saturated rings. The second kappa shape index (κ2) is 9.12. The molecule has 0 radical (unpaired) electrons. The molecule has 0 unspecified atom stereocenters. The molecule has 0 spiro atoms. The molecule has 2 heterocycles. The van der Waals surface area contributed by atoms with Crippen LogP contribution in [0.25, 0.3) is 21.8 Å². The minimum Gasteiger partial charge on any atom is -0.484 e. The second-order valence-electron chi connectivity index (χ2n) is 8.41. The number of carbonyl (C=O) groups excluding carboxylic acids is 1. The third-order valence-electron chi connectivity index (χ3n) is 6.27. The number of carbonyl (C=O) groups is 1. The van der Waals surface area contributed by atoms with Crippen molar-refractivity contribution in [2.24, 2.45) is 0 Å². The fraction of sp³-hybridized carbons (Fsp3) is 0.269. The van der Waals surface area contributed by atoms with Crippen LogP contribution in [-0.2, 0) is 21.4 Å². The Morgan fingerprint density at radius 3 is 2.38 bits per heavy atom. The van der Waals surface area contributed by atoms with Gasteiger partial charge in [-0.3, -0.25) is 4.79 Å². The summed E-state index contributed by atoms with van der Waals surface area (Å²) in [6, 6.07) is 20.4. The van der Waals surface area contributed by atoms with Crippen LogP contribution in [0.1, 0.15) is 19.8 Å². The maximum Gasteiger partial charge on any atom is 0.262 e. The van der Waals surface area contributed by atoms with Gasteiger partial charge in [-0.25, -0.2) is 8.42 Å². The van der Waals surface area contributed by atoms with Gasteiger partial charge in [0.2, 0.25) is 10.0 Å². The molecule has 0 saturated carbocycles. The van der Waals surface area contributed by atoms with Gasteiger partial charge in [0, 0.05) is 47.1 Å². The zero-order valence-electron chi connectivity index (χ0n) is 19.0. The van der Waals surface area contributed by atoms with E-state index < -0.39 is 10.0 Å². The molecule has 8 heteroatoms. The highest BCUT2D eigenvalue weighted by atomic mass is 32.2. The highest BCUT2D eigenvalue weighted by molar-refractivity contribution is 7.89. The predicted octanol–water partition coefficient (Wildman–Crippen LogP) is 4.62. The second-order valence-corrected chi connectivity index (χ2v) is 10.4. The van der Waals surface area contributed by atoms with E-state index in [0.717, 1.165) is 35.7 Å². The molecule has 1 aliphatic rings. The van der Waals surface area contributed by atoms with E-state index in [1.54, 1.807) is 12.1 Å². The quantitative estimate of drug-likeness (QED) is 0.421. The largest absolute Gasteiger partial charge is 0.484 e. The van der Waals surface area contributed by atoms with E-state index in [4.69, 9.17) is 4.74 Å². The lowest BCUT2D eigenvalue weighted by molar-refractivity contribution is -0.118. The number of fused-ring (bicyclic) bond motifs is 3. The van der Waals surface area contributed by atoms with Crippen LogP contribution in [0.4, 0.5) is 5.69 Å². The van der Waals surface area contributed by atoms with Crippen molar-refractivity contribution in [1.29, 1.82) is 0 Å². The van der Waals surface area contributed by atoms with Gasteiger partial charge in [-0.15, -0.1) is 0 Å². The van der Waals surface area contributed by atoms with Crippen molar-refractivity contribution in [2.75, 3.05) is 25.0 Å². The third kappa shape index (κ3) is 4.15. The summed E-state index contributed by atoms with van der Waals surface area (Å²) >= 11 is 0. The zero-order chi connectivity index (χ0) is 23.7. The number of ether oxygens (including phenoxy) is 1. The van der Waals surface area contributed by atoms with Crippen molar-refractivity contribution in [1.82, 2.24) is 8.87 Å². The van der Waals surface area contributed by atoms with Crippen LogP contribution < -0.4 is 10.1 Å². The van der Waals surface area contributed by atoms with Crippen molar-refractivity contribution in [2.45, 2.75) is 31.2 Å². The highest BCUT2D eigenvalue weighted by Gasteiger charge is 2.27. The molecule has 1 aliphatic heterocycles. The topological polar surface area (TPSA) is 80.6 Å². The monoisotopic (exact) mass is 477 g/mol. The van der Waals surface area contributed by atoms with E-state index in [9.17, 15) is 13.2 Å². The van der Waals surface area contributed by atoms with Gasteiger partial charge >= 0.3 is 0 Å². The Hall–Kier alpha value is -3.36. The van der Waals surface area contributed by atoms with E-state index in [1.165, 1.54) is 22.0 Å². The molecule has 7 nitrogen and oxygen atoms in total. The van der Waals surface area contributed by atoms with Crippen LogP contribution >= 0.6 is 0 Å². The van der Waals surface area contributed by atoms with E-state index >= 15 is 0 Å². The van der Waals surface area contributed by atoms with Gasteiger partial charge in [0.25, 0.3) is 5.91 Å². The summed E-state index contributed by atoms with van der Waals surface area (Å²) in [5.74, 6) is 0.157. The number of anilines is 1. The summed E-state index contributed by atoms with van der Waals surface area (Å²) in [5, 5.41) is 5.13. The standard InChI is InChI=1S/C26H27N3O4S/c1-2-29-24-8-4-3-7-22(24)23-17-19(9-14-25(23)29)27-26(30)18-33-20-10-12-21(13-11-20)34(31,32)28-15-5-6-16-28/h3-4,7-14,17H,2,5-6,15-16,18H2,1H3,(H,27,30). The lowest BCUT2D eigenvalue weighted by Crippen LogP contribution is -2.27. The summed E-state index contributed by atoms with van der Waals surface area (Å²) in [6.07, 6.45) is 1.78. The van der Waals surface area contributed by atoms with Crippen LogP contribution in [0.15, 0.2) is 71.6 Å². The summed E-state index contributed by atoms with van der Waals surface area (Å²) in [6.45, 7) is 3.93. The Balaban J connectivity index is 1.25. The fourth-order valence-corrected chi connectivity index (χ4v) is 6.12. The van der Waals surface area contributed by atoms with E-state index in [-0.39, 0.29) is 17.4 Å². The average molecular weight is 478 g/mol. The minimum atomic E-state index is -3.46. The predicted molar refractivity (Wildman–Crippen MR) is 134 cm³/mol. The molecule has 0 aliphatic carbocycles.